The molecule has 2 N–H and O–H groups in total. The minimum absolute atomic E-state index is 0.156. The number of hydrogen-bond donors (Lipinski definition) is 2. The Morgan fingerprint density at radius 3 is 2.19 bits per heavy atom. The Kier molecular flexibility index (Phi) is 5.37. The molecule has 0 aliphatic heterocycles. The zero-order valence-electron chi connectivity index (χ0n) is 12.4. The van der Waals surface area contributed by atoms with Crippen LogP contribution in [0.5, 0.6) is 0 Å². The van der Waals surface area contributed by atoms with Crippen molar-refractivity contribution in [3.8, 4) is 0 Å². The van der Waals surface area contributed by atoms with E-state index < -0.39 is 0 Å². The van der Waals surface area contributed by atoms with Crippen molar-refractivity contribution >= 4 is 38.9 Å². The molecule has 0 radical (unpaired) electrons. The maximum absolute atomic E-state index is 5.39. The normalized spacial score (nSPS) is 11.8. The Labute approximate surface area is 140 Å². The molecular formula is C17H19BrN2S. The van der Waals surface area contributed by atoms with Crippen molar-refractivity contribution in [1.82, 2.24) is 5.32 Å². The van der Waals surface area contributed by atoms with E-state index in [1.165, 1.54) is 16.7 Å². The van der Waals surface area contributed by atoms with Crippen LogP contribution >= 0.6 is 28.1 Å². The summed E-state index contributed by atoms with van der Waals surface area (Å²) in [6.07, 6.45) is 0. The standard InChI is InChI=1S/C17H19BrN2S/c1-11-8-12(2)10-16(9-11)20-17(21)19-13(3)14-4-6-15(18)7-5-14/h4-10,13H,1-3H3,(H2,19,20,21)/t13-/m1/s1. The molecule has 0 saturated carbocycles. The summed E-state index contributed by atoms with van der Waals surface area (Å²) in [5, 5.41) is 7.19. The predicted octanol–water partition coefficient (Wildman–Crippen LogP) is 5.11. The van der Waals surface area contributed by atoms with E-state index in [0.29, 0.717) is 5.11 Å². The molecule has 0 aliphatic rings. The minimum atomic E-state index is 0.156. The first-order valence-corrected chi connectivity index (χ1v) is 8.05. The molecule has 4 heteroatoms. The molecule has 0 fully saturated rings. The predicted molar refractivity (Wildman–Crippen MR) is 97.8 cm³/mol. The van der Waals surface area contributed by atoms with Crippen molar-refractivity contribution in [2.75, 3.05) is 5.32 Å². The van der Waals surface area contributed by atoms with Gasteiger partial charge < -0.3 is 10.6 Å². The zero-order valence-corrected chi connectivity index (χ0v) is 14.8. The number of halogens is 1. The van der Waals surface area contributed by atoms with Crippen molar-refractivity contribution in [3.63, 3.8) is 0 Å². The van der Waals surface area contributed by atoms with Crippen LogP contribution in [0.2, 0.25) is 0 Å². The van der Waals surface area contributed by atoms with Gasteiger partial charge in [0.2, 0.25) is 0 Å². The fourth-order valence-corrected chi connectivity index (χ4v) is 2.80. The molecule has 0 heterocycles. The highest BCUT2D eigenvalue weighted by Gasteiger charge is 2.07. The van der Waals surface area contributed by atoms with Gasteiger partial charge in [0.05, 0.1) is 6.04 Å². The summed E-state index contributed by atoms with van der Waals surface area (Å²) in [6, 6.07) is 14.7. The van der Waals surface area contributed by atoms with Gasteiger partial charge in [0, 0.05) is 10.2 Å². The molecule has 1 atom stereocenters. The third-order valence-corrected chi connectivity index (χ3v) is 3.95. The molecular weight excluding hydrogens is 344 g/mol. The Morgan fingerprint density at radius 1 is 1.05 bits per heavy atom. The maximum Gasteiger partial charge on any atom is 0.171 e. The van der Waals surface area contributed by atoms with Gasteiger partial charge in [0.15, 0.2) is 5.11 Å². The topological polar surface area (TPSA) is 24.1 Å². The van der Waals surface area contributed by atoms with Crippen molar-refractivity contribution in [2.24, 2.45) is 0 Å². The van der Waals surface area contributed by atoms with Gasteiger partial charge in [-0.05, 0) is 73.9 Å². The van der Waals surface area contributed by atoms with Crippen molar-refractivity contribution in [1.29, 1.82) is 0 Å². The van der Waals surface area contributed by atoms with Crippen molar-refractivity contribution in [3.05, 3.63) is 63.6 Å². The van der Waals surface area contributed by atoms with Gasteiger partial charge in [0.25, 0.3) is 0 Å². The van der Waals surface area contributed by atoms with Crippen LogP contribution in [0, 0.1) is 13.8 Å². The zero-order chi connectivity index (χ0) is 15.4. The minimum Gasteiger partial charge on any atom is -0.356 e. The molecule has 2 aromatic rings. The number of anilines is 1. The molecule has 0 aromatic heterocycles. The van der Waals surface area contributed by atoms with E-state index in [0.717, 1.165) is 10.2 Å². The van der Waals surface area contributed by atoms with E-state index in [-0.39, 0.29) is 6.04 Å². The van der Waals surface area contributed by atoms with E-state index in [2.05, 4.69) is 77.7 Å². The van der Waals surface area contributed by atoms with Gasteiger partial charge in [-0.2, -0.15) is 0 Å². The van der Waals surface area contributed by atoms with Gasteiger partial charge in [-0.1, -0.05) is 34.1 Å². The van der Waals surface area contributed by atoms with Crippen LogP contribution in [0.1, 0.15) is 29.7 Å². The lowest BCUT2D eigenvalue weighted by Gasteiger charge is -2.18. The summed E-state index contributed by atoms with van der Waals surface area (Å²) >= 11 is 8.84. The number of thiocarbonyl (C=S) groups is 1. The lowest BCUT2D eigenvalue weighted by molar-refractivity contribution is 0.722. The van der Waals surface area contributed by atoms with Crippen molar-refractivity contribution < 1.29 is 0 Å². The summed E-state index contributed by atoms with van der Waals surface area (Å²) in [5.41, 5.74) is 4.67. The number of aryl methyl sites for hydroxylation is 2. The van der Waals surface area contributed by atoms with Crippen LogP contribution in [0.25, 0.3) is 0 Å². The third kappa shape index (κ3) is 4.83. The summed E-state index contributed by atoms with van der Waals surface area (Å²) < 4.78 is 1.08. The largest absolute Gasteiger partial charge is 0.356 e. The molecule has 0 aliphatic carbocycles. The lowest BCUT2D eigenvalue weighted by atomic mass is 10.1. The molecule has 0 spiro atoms. The molecule has 0 saturated heterocycles. The molecule has 0 amide bonds. The van der Waals surface area contributed by atoms with Gasteiger partial charge in [-0.15, -0.1) is 0 Å². The monoisotopic (exact) mass is 362 g/mol. The first kappa shape index (κ1) is 16.0. The lowest BCUT2D eigenvalue weighted by Crippen LogP contribution is -2.30. The summed E-state index contributed by atoms with van der Waals surface area (Å²) in [4.78, 5) is 0. The van der Waals surface area contributed by atoms with Crippen LogP contribution in [-0.2, 0) is 0 Å². The summed E-state index contributed by atoms with van der Waals surface area (Å²) in [5.74, 6) is 0. The third-order valence-electron chi connectivity index (χ3n) is 3.20. The Hall–Kier alpha value is -1.39. The van der Waals surface area contributed by atoms with Crippen LogP contribution in [0.3, 0.4) is 0 Å². The second-order valence-electron chi connectivity index (χ2n) is 5.25. The van der Waals surface area contributed by atoms with Crippen LogP contribution in [0.4, 0.5) is 5.69 Å². The van der Waals surface area contributed by atoms with E-state index in [4.69, 9.17) is 12.2 Å². The maximum atomic E-state index is 5.39. The van der Waals surface area contributed by atoms with Gasteiger partial charge in [-0.25, -0.2) is 0 Å². The average molecular weight is 363 g/mol. The average Bonchev–Trinajstić information content (AvgIpc) is 2.37. The molecule has 110 valence electrons. The highest BCUT2D eigenvalue weighted by molar-refractivity contribution is 9.10. The fourth-order valence-electron chi connectivity index (χ4n) is 2.25. The molecule has 0 unspecified atom stereocenters. The van der Waals surface area contributed by atoms with Gasteiger partial charge >= 0.3 is 0 Å². The fraction of sp³-hybridized carbons (Fsp3) is 0.235. The van der Waals surface area contributed by atoms with E-state index in [1.807, 2.05) is 12.1 Å². The van der Waals surface area contributed by atoms with Gasteiger partial charge in [0.1, 0.15) is 0 Å². The molecule has 21 heavy (non-hydrogen) atoms. The number of hydrogen-bond acceptors (Lipinski definition) is 1. The SMILES string of the molecule is Cc1cc(C)cc(NC(=S)N[C@H](C)c2ccc(Br)cc2)c1. The van der Waals surface area contributed by atoms with E-state index >= 15 is 0 Å². The Morgan fingerprint density at radius 2 is 1.62 bits per heavy atom. The molecule has 2 aromatic carbocycles. The second-order valence-corrected chi connectivity index (χ2v) is 6.57. The number of benzene rings is 2. The quantitative estimate of drug-likeness (QED) is 0.741. The highest BCUT2D eigenvalue weighted by Crippen LogP contribution is 2.17. The smallest absolute Gasteiger partial charge is 0.171 e. The van der Waals surface area contributed by atoms with Crippen LogP contribution in [-0.4, -0.2) is 5.11 Å². The van der Waals surface area contributed by atoms with Crippen molar-refractivity contribution in [2.45, 2.75) is 26.8 Å². The Bertz CT molecular complexity index is 617. The van der Waals surface area contributed by atoms with Crippen LogP contribution < -0.4 is 10.6 Å². The van der Waals surface area contributed by atoms with Gasteiger partial charge in [-0.3, -0.25) is 0 Å². The summed E-state index contributed by atoms with van der Waals surface area (Å²) in [6.45, 7) is 6.26. The van der Waals surface area contributed by atoms with E-state index in [1.54, 1.807) is 0 Å². The molecule has 2 rings (SSSR count). The Balaban J connectivity index is 1.99. The molecule has 2 nitrogen and oxygen atoms in total. The first-order chi connectivity index (χ1) is 9.94. The van der Waals surface area contributed by atoms with E-state index in [9.17, 15) is 0 Å². The second kappa shape index (κ2) is 7.05. The number of nitrogens with one attached hydrogen (secondary N) is 2. The van der Waals surface area contributed by atoms with Crippen LogP contribution in [0.15, 0.2) is 46.9 Å². The number of rotatable bonds is 3. The highest BCUT2D eigenvalue weighted by atomic mass is 79.9. The molecule has 0 bridgehead atoms. The summed E-state index contributed by atoms with van der Waals surface area (Å²) in [7, 11) is 0. The first-order valence-electron chi connectivity index (χ1n) is 6.85.